The first kappa shape index (κ1) is 21.6. The van der Waals surface area contributed by atoms with Crippen LogP contribution in [0.5, 0.6) is 5.75 Å². The topological polar surface area (TPSA) is 95.9 Å². The zero-order valence-electron chi connectivity index (χ0n) is 17.2. The van der Waals surface area contributed by atoms with Gasteiger partial charge < -0.3 is 14.7 Å². The largest absolute Gasteiger partial charge is 0.487 e. The van der Waals surface area contributed by atoms with E-state index in [1.54, 1.807) is 37.5 Å². The third-order valence-corrected chi connectivity index (χ3v) is 7.13. The molecule has 3 atom stereocenters. The molecule has 9 heteroatoms. The molecule has 0 bridgehead atoms. The van der Waals surface area contributed by atoms with Gasteiger partial charge in [-0.15, -0.1) is 0 Å². The highest BCUT2D eigenvalue weighted by Crippen LogP contribution is 2.36. The lowest BCUT2D eigenvalue weighted by Gasteiger charge is -2.37. The molecule has 0 aliphatic carbocycles. The lowest BCUT2D eigenvalue weighted by Crippen LogP contribution is -2.49. The second kappa shape index (κ2) is 8.74. The van der Waals surface area contributed by atoms with E-state index in [0.29, 0.717) is 12.3 Å². The Morgan fingerprint density at radius 1 is 1.28 bits per heavy atom. The van der Waals surface area contributed by atoms with E-state index >= 15 is 0 Å². The maximum Gasteiger partial charge on any atom is 0.247 e. The number of likely N-dealkylation sites (N-methyl/N-ethyl adjacent to an activating group) is 1. The molecule has 1 aliphatic heterocycles. The van der Waals surface area contributed by atoms with Crippen molar-refractivity contribution in [2.75, 3.05) is 33.8 Å². The molecule has 1 aromatic heterocycles. The van der Waals surface area contributed by atoms with Gasteiger partial charge in [0, 0.05) is 43.0 Å². The van der Waals surface area contributed by atoms with Crippen LogP contribution >= 0.6 is 0 Å². The van der Waals surface area contributed by atoms with Crippen molar-refractivity contribution in [2.45, 2.75) is 30.9 Å². The zero-order valence-corrected chi connectivity index (χ0v) is 18.0. The summed E-state index contributed by atoms with van der Waals surface area (Å²) in [5.41, 5.74) is 1.55. The number of rotatable bonds is 5. The number of sulfonamides is 1. The van der Waals surface area contributed by atoms with E-state index in [0.717, 1.165) is 11.1 Å². The summed E-state index contributed by atoms with van der Waals surface area (Å²) in [7, 11) is 0.0791. The molecule has 1 aromatic carbocycles. The van der Waals surface area contributed by atoms with Crippen LogP contribution in [0, 0.1) is 5.92 Å². The van der Waals surface area contributed by atoms with Gasteiger partial charge in [0.2, 0.25) is 10.0 Å². The molecule has 0 fully saturated rings. The van der Waals surface area contributed by atoms with Gasteiger partial charge in [-0.25, -0.2) is 18.4 Å². The first-order valence-electron chi connectivity index (χ1n) is 9.57. The minimum atomic E-state index is -3.83. The Morgan fingerprint density at radius 3 is 2.59 bits per heavy atom. The number of aromatic nitrogens is 2. The maximum absolute atomic E-state index is 13.4. The van der Waals surface area contributed by atoms with Crippen LogP contribution in [-0.2, 0) is 10.0 Å². The number of aliphatic hydroxyl groups excluding tert-OH is 1. The summed E-state index contributed by atoms with van der Waals surface area (Å²) in [5.74, 6) is 0.234. The molecule has 158 valence electrons. The SMILES string of the molecule is C[C@H]1CN([C@@H](C)CO)S(=O)(=O)c2ccc(-c3cncnc3)cc2O[C@@H]1CN(C)C. The number of hydrogen-bond acceptors (Lipinski definition) is 7. The first-order valence-corrected chi connectivity index (χ1v) is 11.0. The van der Waals surface area contributed by atoms with E-state index in [1.165, 1.54) is 10.6 Å². The number of fused-ring (bicyclic) bond motifs is 1. The molecular weight excluding hydrogens is 392 g/mol. The van der Waals surface area contributed by atoms with Gasteiger partial charge in [-0.2, -0.15) is 4.31 Å². The van der Waals surface area contributed by atoms with Crippen molar-refractivity contribution in [3.05, 3.63) is 36.9 Å². The lowest BCUT2D eigenvalue weighted by molar-refractivity contribution is 0.0813. The highest BCUT2D eigenvalue weighted by molar-refractivity contribution is 7.89. The van der Waals surface area contributed by atoms with E-state index in [2.05, 4.69) is 9.97 Å². The number of nitrogens with zero attached hydrogens (tertiary/aromatic N) is 4. The van der Waals surface area contributed by atoms with Crippen molar-refractivity contribution in [2.24, 2.45) is 5.92 Å². The molecule has 29 heavy (non-hydrogen) atoms. The smallest absolute Gasteiger partial charge is 0.247 e. The van der Waals surface area contributed by atoms with Crippen LogP contribution in [0.3, 0.4) is 0 Å². The minimum Gasteiger partial charge on any atom is -0.487 e. The molecule has 8 nitrogen and oxygen atoms in total. The van der Waals surface area contributed by atoms with E-state index in [-0.39, 0.29) is 30.1 Å². The molecule has 1 N–H and O–H groups in total. The van der Waals surface area contributed by atoms with Gasteiger partial charge >= 0.3 is 0 Å². The molecule has 2 heterocycles. The van der Waals surface area contributed by atoms with Crippen LogP contribution in [-0.4, -0.2) is 78.6 Å². The summed E-state index contributed by atoms with van der Waals surface area (Å²) in [4.78, 5) is 10.2. The highest BCUT2D eigenvalue weighted by atomic mass is 32.2. The van der Waals surface area contributed by atoms with Crippen molar-refractivity contribution in [1.82, 2.24) is 19.2 Å². The van der Waals surface area contributed by atoms with Crippen LogP contribution in [0.15, 0.2) is 41.8 Å². The predicted molar refractivity (Wildman–Crippen MR) is 110 cm³/mol. The van der Waals surface area contributed by atoms with E-state index in [1.807, 2.05) is 25.9 Å². The molecule has 0 amide bonds. The molecule has 0 saturated carbocycles. The van der Waals surface area contributed by atoms with Gasteiger partial charge in [0.15, 0.2) is 0 Å². The van der Waals surface area contributed by atoms with Gasteiger partial charge in [0.05, 0.1) is 6.61 Å². The summed E-state index contributed by atoms with van der Waals surface area (Å²) in [6.07, 6.45) is 4.58. The van der Waals surface area contributed by atoms with Crippen molar-refractivity contribution < 1.29 is 18.3 Å². The maximum atomic E-state index is 13.4. The second-order valence-corrected chi connectivity index (χ2v) is 9.65. The van der Waals surface area contributed by atoms with Gasteiger partial charge in [-0.1, -0.05) is 13.0 Å². The predicted octanol–water partition coefficient (Wildman–Crippen LogP) is 1.47. The fourth-order valence-electron chi connectivity index (χ4n) is 3.43. The average Bonchev–Trinajstić information content (AvgIpc) is 2.70. The Bertz CT molecular complexity index is 937. The monoisotopic (exact) mass is 420 g/mol. The number of hydrogen-bond donors (Lipinski definition) is 1. The molecule has 0 unspecified atom stereocenters. The number of benzene rings is 1. The molecular formula is C20H28N4O4S. The molecule has 3 rings (SSSR count). The Morgan fingerprint density at radius 2 is 1.97 bits per heavy atom. The molecule has 0 saturated heterocycles. The van der Waals surface area contributed by atoms with Crippen LogP contribution in [0.1, 0.15) is 13.8 Å². The fourth-order valence-corrected chi connectivity index (χ4v) is 5.26. The van der Waals surface area contributed by atoms with Crippen LogP contribution in [0.2, 0.25) is 0 Å². The molecule has 0 radical (unpaired) electrons. The lowest BCUT2D eigenvalue weighted by atomic mass is 10.0. The summed E-state index contributed by atoms with van der Waals surface area (Å²) in [6.45, 7) is 4.35. The van der Waals surface area contributed by atoms with Crippen molar-refractivity contribution in [3.8, 4) is 16.9 Å². The summed E-state index contributed by atoms with van der Waals surface area (Å²) < 4.78 is 34.4. The first-order chi connectivity index (χ1) is 13.7. The normalized spacial score (nSPS) is 23.0. The Balaban J connectivity index is 2.14. The Hall–Kier alpha value is -2.07. The van der Waals surface area contributed by atoms with Crippen molar-refractivity contribution in [3.63, 3.8) is 0 Å². The quantitative estimate of drug-likeness (QED) is 0.783. The summed E-state index contributed by atoms with van der Waals surface area (Å²) >= 11 is 0. The van der Waals surface area contributed by atoms with Crippen LogP contribution in [0.4, 0.5) is 0 Å². The summed E-state index contributed by atoms with van der Waals surface area (Å²) in [6, 6.07) is 4.49. The average molecular weight is 421 g/mol. The molecule has 0 spiro atoms. The van der Waals surface area contributed by atoms with Crippen LogP contribution in [0.25, 0.3) is 11.1 Å². The van der Waals surface area contributed by atoms with Gasteiger partial charge in [0.1, 0.15) is 23.1 Å². The fraction of sp³-hybridized carbons (Fsp3) is 0.500. The third-order valence-electron chi connectivity index (χ3n) is 5.11. The number of aliphatic hydroxyl groups is 1. The minimum absolute atomic E-state index is 0.0713. The molecule has 1 aliphatic rings. The second-order valence-electron chi connectivity index (χ2n) is 7.79. The molecule has 2 aromatic rings. The van der Waals surface area contributed by atoms with E-state index < -0.39 is 16.1 Å². The standard InChI is InChI=1S/C20H28N4O4S/c1-14-10-24(15(2)12-25)29(26,27)20-6-5-16(17-8-21-13-22-9-17)7-18(20)28-19(14)11-23(3)4/h5-9,13-15,19,25H,10-12H2,1-4H3/t14-,15-,19+/m0/s1. The number of ether oxygens (including phenoxy) is 1. The van der Waals surface area contributed by atoms with Gasteiger partial charge in [-0.3, -0.25) is 0 Å². The van der Waals surface area contributed by atoms with E-state index in [4.69, 9.17) is 4.74 Å². The van der Waals surface area contributed by atoms with Crippen molar-refractivity contribution in [1.29, 1.82) is 0 Å². The van der Waals surface area contributed by atoms with Crippen molar-refractivity contribution >= 4 is 10.0 Å². The third kappa shape index (κ3) is 4.58. The Labute approximate surface area is 172 Å². The Kier molecular flexibility index (Phi) is 6.52. The van der Waals surface area contributed by atoms with Crippen LogP contribution < -0.4 is 4.74 Å². The highest BCUT2D eigenvalue weighted by Gasteiger charge is 2.37. The van der Waals surface area contributed by atoms with Gasteiger partial charge in [-0.05, 0) is 38.7 Å². The zero-order chi connectivity index (χ0) is 21.2. The van der Waals surface area contributed by atoms with E-state index in [9.17, 15) is 13.5 Å². The van der Waals surface area contributed by atoms with Gasteiger partial charge in [0.25, 0.3) is 0 Å². The summed E-state index contributed by atoms with van der Waals surface area (Å²) in [5, 5.41) is 9.66.